The Morgan fingerprint density at radius 3 is 1.48 bits per heavy atom. The molecule has 0 spiro atoms. The van der Waals surface area contributed by atoms with Gasteiger partial charge in [-0.2, -0.15) is 0 Å². The van der Waals surface area contributed by atoms with Gasteiger partial charge in [0.25, 0.3) is 0 Å². The minimum absolute atomic E-state index is 0.0337. The van der Waals surface area contributed by atoms with Crippen molar-refractivity contribution >= 4 is 11.9 Å². The fourth-order valence-electron chi connectivity index (χ4n) is 7.28. The number of aliphatic hydroxyl groups is 2. The Kier molecular flexibility index (Phi) is 31.8. The molecule has 2 N–H and O–H groups in total. The summed E-state index contributed by atoms with van der Waals surface area (Å²) >= 11 is 0. The molecule has 0 aliphatic heterocycles. The van der Waals surface area contributed by atoms with Crippen molar-refractivity contribution in [2.75, 3.05) is 19.6 Å². The quantitative estimate of drug-likeness (QED) is 0.0505. The van der Waals surface area contributed by atoms with E-state index in [4.69, 9.17) is 9.47 Å². The SMILES string of the molecule is CCCCCCCCC(CC)OC(=O)CCCCCC(O)CN(CCCn1ccnc1C)CC(O)CCCCCC(=O)OC(CC)CCCCCCCC. The normalized spacial score (nSPS) is 13.9. The lowest BCUT2D eigenvalue weighted by Gasteiger charge is -2.27. The second-order valence-corrected chi connectivity index (χ2v) is 15.9. The molecule has 1 rings (SSSR count). The van der Waals surface area contributed by atoms with Gasteiger partial charge in [0.1, 0.15) is 18.0 Å². The first-order valence-corrected chi connectivity index (χ1v) is 22.7. The number of unbranched alkanes of at least 4 members (excludes halogenated alkanes) is 14. The van der Waals surface area contributed by atoms with Gasteiger partial charge >= 0.3 is 11.9 Å². The monoisotopic (exact) mass is 764 g/mol. The zero-order valence-corrected chi connectivity index (χ0v) is 35.8. The van der Waals surface area contributed by atoms with E-state index in [0.29, 0.717) is 38.8 Å². The highest BCUT2D eigenvalue weighted by Gasteiger charge is 2.18. The second-order valence-electron chi connectivity index (χ2n) is 15.9. The first-order chi connectivity index (χ1) is 26.2. The van der Waals surface area contributed by atoms with E-state index in [1.165, 1.54) is 64.2 Å². The number of ether oxygens (including phenoxy) is 2. The van der Waals surface area contributed by atoms with Crippen molar-refractivity contribution in [1.82, 2.24) is 14.5 Å². The summed E-state index contributed by atoms with van der Waals surface area (Å²) in [5.74, 6) is 0.802. The molecule has 1 heterocycles. The van der Waals surface area contributed by atoms with Crippen LogP contribution in [0.5, 0.6) is 0 Å². The van der Waals surface area contributed by atoms with Gasteiger partial charge in [0.05, 0.1) is 12.2 Å². The predicted octanol–water partition coefficient (Wildman–Crippen LogP) is 10.7. The fraction of sp³-hybridized carbons (Fsp3) is 0.889. The van der Waals surface area contributed by atoms with Crippen LogP contribution in [0.2, 0.25) is 0 Å². The Labute approximate surface area is 331 Å². The van der Waals surface area contributed by atoms with Crippen LogP contribution in [0.25, 0.3) is 0 Å². The molecule has 0 bridgehead atoms. The Morgan fingerprint density at radius 1 is 0.630 bits per heavy atom. The van der Waals surface area contributed by atoms with E-state index in [9.17, 15) is 19.8 Å². The molecule has 0 amide bonds. The van der Waals surface area contributed by atoms with Gasteiger partial charge < -0.3 is 24.3 Å². The van der Waals surface area contributed by atoms with Gasteiger partial charge in [-0.15, -0.1) is 0 Å². The van der Waals surface area contributed by atoms with Crippen molar-refractivity contribution in [3.8, 4) is 0 Å². The zero-order valence-electron chi connectivity index (χ0n) is 35.8. The second kappa shape index (κ2) is 34.3. The van der Waals surface area contributed by atoms with Crippen molar-refractivity contribution in [2.45, 2.75) is 239 Å². The Balaban J connectivity index is 2.37. The molecule has 0 saturated carbocycles. The number of hydrogen-bond acceptors (Lipinski definition) is 8. The predicted molar refractivity (Wildman–Crippen MR) is 223 cm³/mol. The van der Waals surface area contributed by atoms with Crippen LogP contribution in [0.3, 0.4) is 0 Å². The van der Waals surface area contributed by atoms with Crippen LogP contribution in [0.1, 0.15) is 207 Å². The van der Waals surface area contributed by atoms with Crippen molar-refractivity contribution in [2.24, 2.45) is 0 Å². The third-order valence-electron chi connectivity index (χ3n) is 10.8. The number of carbonyl (C=O) groups excluding carboxylic acids is 2. The molecule has 1 aromatic rings. The summed E-state index contributed by atoms with van der Waals surface area (Å²) in [4.78, 5) is 31.4. The summed E-state index contributed by atoms with van der Waals surface area (Å²) in [6.45, 7) is 13.3. The van der Waals surface area contributed by atoms with Crippen LogP contribution in [-0.4, -0.2) is 80.7 Å². The molecular formula is C45H85N3O6. The number of esters is 2. The lowest BCUT2D eigenvalue weighted by molar-refractivity contribution is -0.150. The number of carbonyl (C=O) groups is 2. The number of hydrogen-bond donors (Lipinski definition) is 2. The van der Waals surface area contributed by atoms with Gasteiger partial charge in [-0.1, -0.05) is 118 Å². The summed E-state index contributed by atoms with van der Waals surface area (Å²) in [5.41, 5.74) is 0. The largest absolute Gasteiger partial charge is 0.462 e. The molecule has 0 aromatic carbocycles. The third kappa shape index (κ3) is 27.6. The van der Waals surface area contributed by atoms with Gasteiger partial charge in [0.15, 0.2) is 0 Å². The van der Waals surface area contributed by atoms with E-state index in [2.05, 4.69) is 42.1 Å². The number of nitrogens with zero attached hydrogens (tertiary/aromatic N) is 3. The maximum Gasteiger partial charge on any atom is 0.306 e. The Morgan fingerprint density at radius 2 is 1.06 bits per heavy atom. The average molecular weight is 764 g/mol. The van der Waals surface area contributed by atoms with Gasteiger partial charge in [-0.3, -0.25) is 14.5 Å². The smallest absolute Gasteiger partial charge is 0.306 e. The molecule has 54 heavy (non-hydrogen) atoms. The fourth-order valence-corrected chi connectivity index (χ4v) is 7.28. The first-order valence-electron chi connectivity index (χ1n) is 22.7. The summed E-state index contributed by atoms with van der Waals surface area (Å²) in [6.07, 6.45) is 29.7. The number of aliphatic hydroxyl groups excluding tert-OH is 2. The van der Waals surface area contributed by atoms with Crippen LogP contribution in [0, 0.1) is 6.92 Å². The molecular weight excluding hydrogens is 679 g/mol. The lowest BCUT2D eigenvalue weighted by Crippen LogP contribution is -2.39. The third-order valence-corrected chi connectivity index (χ3v) is 10.8. The molecule has 0 fully saturated rings. The maximum absolute atomic E-state index is 12.5. The van der Waals surface area contributed by atoms with E-state index in [-0.39, 0.29) is 24.1 Å². The minimum Gasteiger partial charge on any atom is -0.462 e. The molecule has 1 aromatic heterocycles. The van der Waals surface area contributed by atoms with Gasteiger partial charge in [-0.25, -0.2) is 4.98 Å². The van der Waals surface area contributed by atoms with E-state index in [0.717, 1.165) is 102 Å². The van der Waals surface area contributed by atoms with Gasteiger partial charge in [0.2, 0.25) is 0 Å². The highest BCUT2D eigenvalue weighted by molar-refractivity contribution is 5.69. The van der Waals surface area contributed by atoms with Crippen molar-refractivity contribution in [3.63, 3.8) is 0 Å². The Bertz CT molecular complexity index is 963. The molecule has 4 unspecified atom stereocenters. The highest BCUT2D eigenvalue weighted by atomic mass is 16.5. The van der Waals surface area contributed by atoms with Gasteiger partial charge in [-0.05, 0) is 77.6 Å². The molecule has 0 radical (unpaired) electrons. The van der Waals surface area contributed by atoms with Crippen LogP contribution in [-0.2, 0) is 25.6 Å². The summed E-state index contributed by atoms with van der Waals surface area (Å²) in [5, 5.41) is 21.9. The van der Waals surface area contributed by atoms with E-state index >= 15 is 0 Å². The topological polar surface area (TPSA) is 114 Å². The minimum atomic E-state index is -0.486. The van der Waals surface area contributed by atoms with Crippen LogP contribution in [0.4, 0.5) is 0 Å². The summed E-state index contributed by atoms with van der Waals surface area (Å²) in [6, 6.07) is 0. The standard InChI is InChI=1S/C45H85N3O6/c1-6-10-12-14-16-22-29-42(8-3)53-44(51)31-24-18-20-27-40(49)37-47(34-26-35-48-36-33-46-39(48)5)38-41(50)28-21-19-25-32-45(52)54-43(9-4)30-23-17-15-13-11-7-2/h33,36,40-43,49-50H,6-32,34-35,37-38H2,1-5H3. The molecule has 0 saturated heterocycles. The summed E-state index contributed by atoms with van der Waals surface area (Å²) in [7, 11) is 0. The molecule has 4 atom stereocenters. The van der Waals surface area contributed by atoms with Crippen LogP contribution < -0.4 is 0 Å². The zero-order chi connectivity index (χ0) is 39.7. The molecule has 0 aliphatic rings. The number of aryl methyl sites for hydroxylation is 2. The number of imidazole rings is 1. The van der Waals surface area contributed by atoms with Crippen molar-refractivity contribution < 1.29 is 29.3 Å². The maximum atomic E-state index is 12.5. The summed E-state index contributed by atoms with van der Waals surface area (Å²) < 4.78 is 13.7. The van der Waals surface area contributed by atoms with Crippen LogP contribution >= 0.6 is 0 Å². The highest BCUT2D eigenvalue weighted by Crippen LogP contribution is 2.17. The van der Waals surface area contributed by atoms with E-state index < -0.39 is 12.2 Å². The van der Waals surface area contributed by atoms with Gasteiger partial charge in [0, 0.05) is 51.4 Å². The van der Waals surface area contributed by atoms with Crippen molar-refractivity contribution in [3.05, 3.63) is 18.2 Å². The lowest BCUT2D eigenvalue weighted by atomic mass is 10.1. The average Bonchev–Trinajstić information content (AvgIpc) is 3.56. The van der Waals surface area contributed by atoms with Crippen molar-refractivity contribution in [1.29, 1.82) is 0 Å². The number of aromatic nitrogens is 2. The molecule has 9 heteroatoms. The first kappa shape index (κ1) is 50.0. The Hall–Kier alpha value is -1.97. The van der Waals surface area contributed by atoms with E-state index in [1.54, 1.807) is 0 Å². The molecule has 0 aliphatic carbocycles. The molecule has 316 valence electrons. The van der Waals surface area contributed by atoms with E-state index in [1.807, 2.05) is 19.3 Å². The molecule has 9 nitrogen and oxygen atoms in total. The van der Waals surface area contributed by atoms with Crippen LogP contribution in [0.15, 0.2) is 12.4 Å². The number of rotatable bonds is 38.